The van der Waals surface area contributed by atoms with Crippen molar-refractivity contribution < 1.29 is 38.1 Å². The minimum absolute atomic E-state index is 0.0987. The summed E-state index contributed by atoms with van der Waals surface area (Å²) in [5.41, 5.74) is -5.33. The summed E-state index contributed by atoms with van der Waals surface area (Å²) in [5, 5.41) is 13.9. The lowest BCUT2D eigenvalue weighted by Crippen LogP contribution is -2.44. The van der Waals surface area contributed by atoms with Crippen molar-refractivity contribution in [2.75, 3.05) is 5.32 Å². The van der Waals surface area contributed by atoms with Crippen molar-refractivity contribution in [2.45, 2.75) is 98.1 Å². The molecule has 0 aliphatic carbocycles. The highest BCUT2D eigenvalue weighted by Gasteiger charge is 2.46. The first-order chi connectivity index (χ1) is 15.1. The molecule has 1 amide bonds. The van der Waals surface area contributed by atoms with Gasteiger partial charge in [0.15, 0.2) is 0 Å². The fraction of sp³-hybridized carbons (Fsp3) is 0.667. The van der Waals surface area contributed by atoms with Crippen molar-refractivity contribution in [3.05, 3.63) is 23.8 Å². The average Bonchev–Trinajstić information content (AvgIpc) is 2.56. The summed E-state index contributed by atoms with van der Waals surface area (Å²) >= 11 is 0. The van der Waals surface area contributed by atoms with Crippen LogP contribution >= 0.6 is 0 Å². The number of carbonyl (C=O) groups excluding carboxylic acids is 3. The number of carbonyl (C=O) groups is 3. The molecule has 0 radical (unpaired) electrons. The number of nitrogens with one attached hydrogen (secondary N) is 1. The first-order valence-corrected chi connectivity index (χ1v) is 10.9. The van der Waals surface area contributed by atoms with Crippen LogP contribution in [0.1, 0.15) is 81.4 Å². The van der Waals surface area contributed by atoms with E-state index in [0.717, 1.165) is 6.07 Å². The first kappa shape index (κ1) is 29.3. The fourth-order valence-corrected chi connectivity index (χ4v) is 2.93. The molecular weight excluding hydrogens is 447 g/mol. The normalized spacial score (nSPS) is 15.1. The van der Waals surface area contributed by atoms with Gasteiger partial charge in [-0.2, -0.15) is 4.39 Å². The van der Waals surface area contributed by atoms with Crippen LogP contribution in [0.15, 0.2) is 12.1 Å². The number of amides is 1. The van der Waals surface area contributed by atoms with Crippen LogP contribution in [0.25, 0.3) is 0 Å². The Bertz CT molecular complexity index is 909. The first-order valence-electron chi connectivity index (χ1n) is 10.9. The van der Waals surface area contributed by atoms with E-state index in [1.54, 1.807) is 62.3 Å². The van der Waals surface area contributed by atoms with Crippen LogP contribution in [0.5, 0.6) is 0 Å². The zero-order valence-corrected chi connectivity index (χ0v) is 21.7. The Balaban J connectivity index is 3.48. The third-order valence-electron chi connectivity index (χ3n) is 4.14. The van der Waals surface area contributed by atoms with Gasteiger partial charge in [0.1, 0.15) is 28.3 Å². The minimum atomic E-state index is -2.24. The van der Waals surface area contributed by atoms with Crippen LogP contribution < -0.4 is 5.32 Å². The van der Waals surface area contributed by atoms with Gasteiger partial charge >= 0.3 is 18.0 Å². The lowest BCUT2D eigenvalue weighted by atomic mass is 9.82. The number of aliphatic hydroxyl groups is 1. The molecule has 0 saturated carbocycles. The monoisotopic (exact) mass is 484 g/mol. The number of esters is 2. The molecule has 0 saturated heterocycles. The fourth-order valence-electron chi connectivity index (χ4n) is 2.93. The second-order valence-corrected chi connectivity index (χ2v) is 11.2. The van der Waals surface area contributed by atoms with E-state index in [4.69, 9.17) is 14.2 Å². The Morgan fingerprint density at radius 1 is 0.912 bits per heavy atom. The van der Waals surface area contributed by atoms with Gasteiger partial charge in [-0.15, -0.1) is 0 Å². The van der Waals surface area contributed by atoms with Gasteiger partial charge in [0.25, 0.3) is 0 Å². The summed E-state index contributed by atoms with van der Waals surface area (Å²) in [7, 11) is 0. The van der Waals surface area contributed by atoms with Crippen molar-refractivity contribution in [1.29, 1.82) is 0 Å². The number of halogens is 1. The maximum absolute atomic E-state index is 14.1. The topological polar surface area (TPSA) is 124 Å². The van der Waals surface area contributed by atoms with Gasteiger partial charge in [0.2, 0.25) is 5.95 Å². The van der Waals surface area contributed by atoms with E-state index in [0.29, 0.717) is 0 Å². The number of anilines is 1. The maximum Gasteiger partial charge on any atom is 0.412 e. The van der Waals surface area contributed by atoms with Gasteiger partial charge < -0.3 is 19.3 Å². The largest absolute Gasteiger partial charge is 0.460 e. The Labute approximate surface area is 200 Å². The van der Waals surface area contributed by atoms with Crippen molar-refractivity contribution in [2.24, 2.45) is 5.92 Å². The van der Waals surface area contributed by atoms with Crippen LogP contribution in [0.4, 0.5) is 14.9 Å². The standard InChI is InChI=1S/C24H37FN2O7/c1-21(2,3)32-17(28)13-14(19(29)33-22(4,5)6)24(10,31)18-15(11-12-16(25)27-18)26-20(30)34-23(7,8)9/h11-12,14,31H,13H2,1-10H3,(H,26,30). The lowest BCUT2D eigenvalue weighted by Gasteiger charge is -2.34. The number of hydrogen-bond acceptors (Lipinski definition) is 8. The number of pyridine rings is 1. The van der Waals surface area contributed by atoms with Gasteiger partial charge in [0.05, 0.1) is 17.8 Å². The molecule has 10 heteroatoms. The number of ether oxygens (including phenoxy) is 3. The molecule has 2 atom stereocenters. The zero-order valence-electron chi connectivity index (χ0n) is 21.7. The summed E-state index contributed by atoms with van der Waals surface area (Å²) in [5.74, 6) is -4.19. The van der Waals surface area contributed by atoms with E-state index < -0.39 is 58.7 Å². The van der Waals surface area contributed by atoms with Gasteiger partial charge in [-0.1, -0.05) is 0 Å². The summed E-state index contributed by atoms with van der Waals surface area (Å²) in [6, 6.07) is 2.15. The highest BCUT2D eigenvalue weighted by molar-refractivity contribution is 5.87. The molecule has 34 heavy (non-hydrogen) atoms. The summed E-state index contributed by atoms with van der Waals surface area (Å²) in [6.45, 7) is 16.0. The van der Waals surface area contributed by atoms with Gasteiger partial charge in [-0.05, 0) is 81.4 Å². The predicted molar refractivity (Wildman–Crippen MR) is 123 cm³/mol. The van der Waals surface area contributed by atoms with Crippen molar-refractivity contribution >= 4 is 23.7 Å². The highest BCUT2D eigenvalue weighted by Crippen LogP contribution is 2.37. The second-order valence-electron chi connectivity index (χ2n) is 11.2. The van der Waals surface area contributed by atoms with Crippen molar-refractivity contribution in [3.63, 3.8) is 0 Å². The third-order valence-corrected chi connectivity index (χ3v) is 4.14. The van der Waals surface area contributed by atoms with Crippen LogP contribution in [-0.4, -0.2) is 44.9 Å². The highest BCUT2D eigenvalue weighted by atomic mass is 19.1. The molecule has 0 aliphatic heterocycles. The van der Waals surface area contributed by atoms with E-state index in [1.807, 2.05) is 0 Å². The number of rotatable bonds is 6. The molecule has 2 unspecified atom stereocenters. The van der Waals surface area contributed by atoms with E-state index in [9.17, 15) is 23.9 Å². The molecule has 0 aliphatic rings. The third kappa shape index (κ3) is 9.62. The molecule has 1 heterocycles. The lowest BCUT2D eigenvalue weighted by molar-refractivity contribution is -0.177. The zero-order chi connectivity index (χ0) is 26.7. The molecule has 9 nitrogen and oxygen atoms in total. The van der Waals surface area contributed by atoms with Crippen LogP contribution in [0.2, 0.25) is 0 Å². The summed E-state index contributed by atoms with van der Waals surface area (Å²) < 4.78 is 30.1. The maximum atomic E-state index is 14.1. The number of hydrogen-bond donors (Lipinski definition) is 2. The Kier molecular flexibility index (Phi) is 8.83. The average molecular weight is 485 g/mol. The van der Waals surface area contributed by atoms with E-state index in [-0.39, 0.29) is 11.4 Å². The molecule has 0 bridgehead atoms. The molecule has 1 aromatic heterocycles. The minimum Gasteiger partial charge on any atom is -0.460 e. The van der Waals surface area contributed by atoms with Gasteiger partial charge in [-0.25, -0.2) is 9.78 Å². The SMILES string of the molecule is CC(C)(C)OC(=O)CC(C(=O)OC(C)(C)C)C(C)(O)c1nc(F)ccc1NC(=O)OC(C)(C)C. The molecule has 2 N–H and O–H groups in total. The van der Waals surface area contributed by atoms with Crippen LogP contribution in [-0.2, 0) is 29.4 Å². The molecule has 0 aromatic carbocycles. The van der Waals surface area contributed by atoms with Gasteiger partial charge in [0, 0.05) is 0 Å². The van der Waals surface area contributed by atoms with E-state index in [1.165, 1.54) is 13.0 Å². The molecular formula is C24H37FN2O7. The Morgan fingerprint density at radius 2 is 1.41 bits per heavy atom. The Hall–Kier alpha value is -2.75. The summed E-state index contributed by atoms with van der Waals surface area (Å²) in [4.78, 5) is 41.7. The van der Waals surface area contributed by atoms with E-state index >= 15 is 0 Å². The van der Waals surface area contributed by atoms with Crippen molar-refractivity contribution in [1.82, 2.24) is 4.98 Å². The second kappa shape index (κ2) is 10.2. The van der Waals surface area contributed by atoms with Crippen molar-refractivity contribution in [3.8, 4) is 0 Å². The number of nitrogens with zero attached hydrogens (tertiary/aromatic N) is 1. The van der Waals surface area contributed by atoms with Crippen LogP contribution in [0, 0.1) is 11.9 Å². The molecule has 1 rings (SSSR count). The Morgan fingerprint density at radius 3 is 1.88 bits per heavy atom. The smallest absolute Gasteiger partial charge is 0.412 e. The van der Waals surface area contributed by atoms with Crippen LogP contribution in [0.3, 0.4) is 0 Å². The molecule has 192 valence electrons. The molecule has 0 fully saturated rings. The molecule has 1 aromatic rings. The summed E-state index contributed by atoms with van der Waals surface area (Å²) in [6.07, 6.45) is -1.46. The predicted octanol–water partition coefficient (Wildman–Crippen LogP) is 4.46. The quantitative estimate of drug-likeness (QED) is 0.344. The van der Waals surface area contributed by atoms with E-state index in [2.05, 4.69) is 10.3 Å². The van der Waals surface area contributed by atoms with Gasteiger partial charge in [-0.3, -0.25) is 14.9 Å². The number of aromatic nitrogens is 1. The molecule has 0 spiro atoms.